The minimum atomic E-state index is -1.39. The molecule has 0 saturated carbocycles. The van der Waals surface area contributed by atoms with E-state index in [1.165, 1.54) is 0 Å². The number of hydrogen-bond acceptors (Lipinski definition) is 4. The van der Waals surface area contributed by atoms with E-state index in [1.807, 2.05) is 4.98 Å². The minimum absolute atomic E-state index is 0.114. The normalized spacial score (nSPS) is 14.1. The van der Waals surface area contributed by atoms with Gasteiger partial charge in [-0.25, -0.2) is 9.59 Å². The van der Waals surface area contributed by atoms with Gasteiger partial charge in [-0.2, -0.15) is 0 Å². The first kappa shape index (κ1) is 14.4. The summed E-state index contributed by atoms with van der Waals surface area (Å²) in [5, 5.41) is 8.65. The molecular formula is C10H14N2O5S. The van der Waals surface area contributed by atoms with Crippen molar-refractivity contribution in [3.8, 4) is 0 Å². The molecule has 0 aliphatic carbocycles. The fourth-order valence-electron chi connectivity index (χ4n) is 1.31. The van der Waals surface area contributed by atoms with E-state index in [9.17, 15) is 18.6 Å². The van der Waals surface area contributed by atoms with Crippen LogP contribution < -0.4 is 11.2 Å². The first-order valence-corrected chi connectivity index (χ1v) is 6.84. The maximum Gasteiger partial charge on any atom is 0.342 e. The molecule has 0 fully saturated rings. The average Bonchev–Trinajstić information content (AvgIpc) is 2.26. The number of nitrogens with one attached hydrogen (secondary N) is 1. The molecule has 1 rings (SSSR count). The van der Waals surface area contributed by atoms with Crippen LogP contribution in [0.5, 0.6) is 0 Å². The highest BCUT2D eigenvalue weighted by molar-refractivity contribution is 7.84. The third-order valence-electron chi connectivity index (χ3n) is 2.58. The predicted octanol–water partition coefficient (Wildman–Crippen LogP) is -0.608. The monoisotopic (exact) mass is 274 g/mol. The molecule has 1 aromatic rings. The molecule has 0 bridgehead atoms. The molecule has 0 spiro atoms. The molecule has 1 heterocycles. The number of aryl methyl sites for hydroxylation is 1. The highest BCUT2D eigenvalue weighted by Crippen LogP contribution is 2.01. The van der Waals surface area contributed by atoms with Crippen LogP contribution in [0, 0.1) is 0 Å². The fraction of sp³-hybridized carbons (Fsp3) is 0.500. The van der Waals surface area contributed by atoms with Crippen molar-refractivity contribution in [1.29, 1.82) is 0 Å². The van der Waals surface area contributed by atoms with Gasteiger partial charge in [-0.05, 0) is 6.42 Å². The van der Waals surface area contributed by atoms with Gasteiger partial charge < -0.3 is 5.11 Å². The molecule has 7 nitrogen and oxygen atoms in total. The maximum absolute atomic E-state index is 11.4. The third-order valence-corrected chi connectivity index (χ3v) is 3.95. The minimum Gasteiger partial charge on any atom is -0.477 e. The Morgan fingerprint density at radius 1 is 1.56 bits per heavy atom. The summed E-state index contributed by atoms with van der Waals surface area (Å²) in [4.78, 5) is 35.3. The van der Waals surface area contributed by atoms with Crippen molar-refractivity contribution < 1.29 is 14.1 Å². The summed E-state index contributed by atoms with van der Waals surface area (Å²) in [5.41, 5.74) is -2.07. The van der Waals surface area contributed by atoms with E-state index in [1.54, 1.807) is 13.2 Å². The summed E-state index contributed by atoms with van der Waals surface area (Å²) < 4.78 is 12.3. The predicted molar refractivity (Wildman–Crippen MR) is 66.4 cm³/mol. The Kier molecular flexibility index (Phi) is 4.60. The lowest BCUT2D eigenvalue weighted by molar-refractivity contribution is 0.0693. The number of H-pyrrole nitrogens is 1. The van der Waals surface area contributed by atoms with Gasteiger partial charge in [0.25, 0.3) is 5.56 Å². The zero-order chi connectivity index (χ0) is 13.9. The van der Waals surface area contributed by atoms with Gasteiger partial charge in [0.05, 0.1) is 0 Å². The zero-order valence-corrected chi connectivity index (χ0v) is 10.8. The van der Waals surface area contributed by atoms with Gasteiger partial charge in [-0.1, -0.05) is 6.92 Å². The summed E-state index contributed by atoms with van der Waals surface area (Å²) >= 11 is 0. The molecular weight excluding hydrogens is 260 g/mol. The van der Waals surface area contributed by atoms with Crippen molar-refractivity contribution >= 4 is 16.8 Å². The van der Waals surface area contributed by atoms with Gasteiger partial charge in [0.2, 0.25) is 0 Å². The highest BCUT2D eigenvalue weighted by atomic mass is 32.2. The van der Waals surface area contributed by atoms with E-state index < -0.39 is 33.6 Å². The highest BCUT2D eigenvalue weighted by Gasteiger charge is 2.12. The molecule has 2 unspecified atom stereocenters. The number of carbonyl (C=O) groups is 1. The number of hydrogen-bond donors (Lipinski definition) is 2. The second kappa shape index (κ2) is 5.76. The van der Waals surface area contributed by atoms with E-state index in [0.717, 1.165) is 10.8 Å². The number of carboxylic acid groups (broad SMARTS) is 1. The number of carboxylic acids is 1. The number of aromatic amines is 1. The summed E-state index contributed by atoms with van der Waals surface area (Å²) in [6, 6.07) is 0. The summed E-state index contributed by atoms with van der Waals surface area (Å²) in [7, 11) is -1.01. The lowest BCUT2D eigenvalue weighted by Gasteiger charge is -2.09. The molecule has 0 aromatic carbocycles. The SMILES string of the molecule is CC(CCn1cc(C(=O)O)c(=O)[nH]c1=O)S(C)=O. The lowest BCUT2D eigenvalue weighted by atomic mass is 10.3. The smallest absolute Gasteiger partial charge is 0.342 e. The van der Waals surface area contributed by atoms with Crippen LogP contribution in [0.1, 0.15) is 23.7 Å². The Balaban J connectivity index is 3.00. The van der Waals surface area contributed by atoms with Crippen molar-refractivity contribution in [3.63, 3.8) is 0 Å². The number of nitrogens with zero attached hydrogens (tertiary/aromatic N) is 1. The Labute approximate surface area is 105 Å². The van der Waals surface area contributed by atoms with Crippen LogP contribution in [-0.4, -0.2) is 36.3 Å². The lowest BCUT2D eigenvalue weighted by Crippen LogP contribution is -2.34. The van der Waals surface area contributed by atoms with Gasteiger partial charge in [0, 0.05) is 35.0 Å². The Morgan fingerprint density at radius 3 is 2.67 bits per heavy atom. The molecule has 1 aromatic heterocycles. The van der Waals surface area contributed by atoms with E-state index in [4.69, 9.17) is 5.11 Å². The van der Waals surface area contributed by atoms with E-state index in [0.29, 0.717) is 6.42 Å². The zero-order valence-electron chi connectivity index (χ0n) is 10.0. The molecule has 8 heteroatoms. The standard InChI is InChI=1S/C10H14N2O5S/c1-6(18(2)17)3-4-12-5-7(9(14)15)8(13)11-10(12)16/h5-6H,3-4H2,1-2H3,(H,14,15)(H,11,13,16). The molecule has 0 amide bonds. The van der Waals surface area contributed by atoms with Crippen LogP contribution >= 0.6 is 0 Å². The number of aromatic carboxylic acids is 1. The molecule has 0 radical (unpaired) electrons. The average molecular weight is 274 g/mol. The largest absolute Gasteiger partial charge is 0.477 e. The van der Waals surface area contributed by atoms with Crippen LogP contribution in [0.3, 0.4) is 0 Å². The molecule has 0 saturated heterocycles. The van der Waals surface area contributed by atoms with Crippen molar-refractivity contribution in [1.82, 2.24) is 9.55 Å². The topological polar surface area (TPSA) is 109 Å². The van der Waals surface area contributed by atoms with Crippen molar-refractivity contribution in [2.75, 3.05) is 6.26 Å². The van der Waals surface area contributed by atoms with Gasteiger partial charge in [-0.15, -0.1) is 0 Å². The van der Waals surface area contributed by atoms with Gasteiger partial charge >= 0.3 is 11.7 Å². The van der Waals surface area contributed by atoms with Crippen LogP contribution in [0.2, 0.25) is 0 Å². The van der Waals surface area contributed by atoms with Crippen LogP contribution in [-0.2, 0) is 17.3 Å². The quantitative estimate of drug-likeness (QED) is 0.744. The maximum atomic E-state index is 11.4. The van der Waals surface area contributed by atoms with Crippen LogP contribution in [0.25, 0.3) is 0 Å². The molecule has 0 aliphatic heterocycles. The molecule has 0 aliphatic rings. The van der Waals surface area contributed by atoms with Gasteiger partial charge in [0.1, 0.15) is 5.56 Å². The Morgan fingerprint density at radius 2 is 2.17 bits per heavy atom. The molecule has 2 atom stereocenters. The first-order valence-electron chi connectivity index (χ1n) is 5.22. The molecule has 2 N–H and O–H groups in total. The third kappa shape index (κ3) is 3.39. The number of aromatic nitrogens is 2. The summed E-state index contributed by atoms with van der Waals surface area (Å²) in [6.07, 6.45) is 3.02. The van der Waals surface area contributed by atoms with E-state index >= 15 is 0 Å². The van der Waals surface area contributed by atoms with Crippen LogP contribution in [0.15, 0.2) is 15.8 Å². The van der Waals surface area contributed by atoms with E-state index in [2.05, 4.69) is 0 Å². The molecule has 18 heavy (non-hydrogen) atoms. The van der Waals surface area contributed by atoms with Crippen molar-refractivity contribution in [2.24, 2.45) is 0 Å². The fourth-order valence-corrected chi connectivity index (χ4v) is 1.75. The summed E-state index contributed by atoms with van der Waals surface area (Å²) in [6.45, 7) is 1.97. The number of rotatable bonds is 5. The summed E-state index contributed by atoms with van der Waals surface area (Å²) in [5.74, 6) is -1.39. The van der Waals surface area contributed by atoms with Crippen LogP contribution in [0.4, 0.5) is 0 Å². The van der Waals surface area contributed by atoms with Gasteiger partial charge in [-0.3, -0.25) is 18.6 Å². The van der Waals surface area contributed by atoms with Crippen molar-refractivity contribution in [2.45, 2.75) is 25.1 Å². The van der Waals surface area contributed by atoms with E-state index in [-0.39, 0.29) is 11.8 Å². The first-order chi connectivity index (χ1) is 8.32. The Bertz CT molecular complexity index is 589. The second-order valence-electron chi connectivity index (χ2n) is 3.90. The molecule has 100 valence electrons. The van der Waals surface area contributed by atoms with Gasteiger partial charge in [0.15, 0.2) is 0 Å². The van der Waals surface area contributed by atoms with Crippen molar-refractivity contribution in [3.05, 3.63) is 32.6 Å². The second-order valence-corrected chi connectivity index (χ2v) is 5.70. The Hall–Kier alpha value is -1.70.